The van der Waals surface area contributed by atoms with Crippen molar-refractivity contribution in [2.45, 2.75) is 104 Å². The Labute approximate surface area is 208 Å². The fourth-order valence-corrected chi connectivity index (χ4v) is 6.74. The molecule has 4 rings (SSSR count). The molecule has 1 heteroatoms. The van der Waals surface area contributed by atoms with E-state index in [0.717, 1.165) is 12.8 Å². The van der Waals surface area contributed by atoms with Crippen LogP contribution < -0.4 is 4.57 Å². The number of aryl methyl sites for hydroxylation is 2. The maximum absolute atomic E-state index is 2.64. The van der Waals surface area contributed by atoms with Crippen molar-refractivity contribution in [3.63, 3.8) is 0 Å². The van der Waals surface area contributed by atoms with Crippen LogP contribution in [0.15, 0.2) is 60.8 Å². The van der Waals surface area contributed by atoms with E-state index >= 15 is 0 Å². The highest BCUT2D eigenvalue weighted by atomic mass is 15.1. The summed E-state index contributed by atoms with van der Waals surface area (Å²) in [5.74, 6) is 0. The van der Waals surface area contributed by atoms with Crippen LogP contribution in [0.1, 0.15) is 96.3 Å². The van der Waals surface area contributed by atoms with E-state index in [1.807, 2.05) is 0 Å². The minimum Gasteiger partial charge on any atom is -0.192 e. The lowest BCUT2D eigenvalue weighted by molar-refractivity contribution is -0.770. The van der Waals surface area contributed by atoms with E-state index in [4.69, 9.17) is 0 Å². The van der Waals surface area contributed by atoms with Crippen molar-refractivity contribution in [2.75, 3.05) is 0 Å². The molecule has 1 aliphatic rings. The van der Waals surface area contributed by atoms with Gasteiger partial charge in [0.15, 0.2) is 11.7 Å². The number of aromatic nitrogens is 1. The van der Waals surface area contributed by atoms with Crippen LogP contribution in [0.2, 0.25) is 0 Å². The van der Waals surface area contributed by atoms with Gasteiger partial charge in [-0.25, -0.2) is 0 Å². The largest absolute Gasteiger partial charge is 0.213 e. The normalized spacial score (nSPS) is 21.2. The van der Waals surface area contributed by atoms with Crippen LogP contribution in [0.3, 0.4) is 0 Å². The number of hydrogen-bond acceptors (Lipinski definition) is 0. The summed E-state index contributed by atoms with van der Waals surface area (Å²) in [7, 11) is 0. The highest BCUT2D eigenvalue weighted by molar-refractivity contribution is 5.76. The van der Waals surface area contributed by atoms with Gasteiger partial charge >= 0.3 is 0 Å². The zero-order valence-corrected chi connectivity index (χ0v) is 22.4. The molecule has 0 fully saturated rings. The summed E-state index contributed by atoms with van der Waals surface area (Å²) in [6.07, 6.45) is 12.1. The molecule has 0 saturated heterocycles. The van der Waals surface area contributed by atoms with E-state index < -0.39 is 0 Å². The molecule has 3 aromatic rings. The second-order valence-corrected chi connectivity index (χ2v) is 10.6. The van der Waals surface area contributed by atoms with Crippen molar-refractivity contribution in [1.29, 1.82) is 0 Å². The van der Waals surface area contributed by atoms with Crippen molar-refractivity contribution in [2.24, 2.45) is 0 Å². The van der Waals surface area contributed by atoms with Gasteiger partial charge in [0, 0.05) is 25.0 Å². The van der Waals surface area contributed by atoms with E-state index in [-0.39, 0.29) is 11.0 Å². The first-order valence-electron chi connectivity index (χ1n) is 13.7. The Hall–Kier alpha value is -2.41. The van der Waals surface area contributed by atoms with Gasteiger partial charge in [0.1, 0.15) is 0 Å². The molecule has 0 spiro atoms. The summed E-state index contributed by atoms with van der Waals surface area (Å²) >= 11 is 0. The first-order chi connectivity index (χ1) is 16.5. The van der Waals surface area contributed by atoms with Gasteiger partial charge in [-0.05, 0) is 79.5 Å². The number of nitrogens with zero attached hydrogens (tertiary/aromatic N) is 1. The molecule has 0 radical (unpaired) electrons. The fraction of sp³-hybridized carbons (Fsp3) is 0.485. The van der Waals surface area contributed by atoms with Crippen LogP contribution in [0, 0.1) is 6.92 Å². The molecule has 34 heavy (non-hydrogen) atoms. The van der Waals surface area contributed by atoms with Crippen molar-refractivity contribution in [3.05, 3.63) is 77.5 Å². The van der Waals surface area contributed by atoms with E-state index in [2.05, 4.69) is 107 Å². The number of pyridine rings is 1. The molecular formula is C33H44N+. The van der Waals surface area contributed by atoms with Crippen LogP contribution >= 0.6 is 0 Å². The number of fused-ring (bicyclic) bond motifs is 3. The van der Waals surface area contributed by atoms with Crippen LogP contribution in [-0.2, 0) is 17.4 Å². The summed E-state index contributed by atoms with van der Waals surface area (Å²) in [6, 6.07) is 21.2. The minimum atomic E-state index is 0.0989. The van der Waals surface area contributed by atoms with Gasteiger partial charge in [0.05, 0.1) is 11.0 Å². The third-order valence-corrected chi connectivity index (χ3v) is 8.88. The van der Waals surface area contributed by atoms with E-state index in [9.17, 15) is 0 Å². The van der Waals surface area contributed by atoms with Gasteiger partial charge in [-0.3, -0.25) is 0 Å². The molecule has 0 saturated carbocycles. The first kappa shape index (κ1) is 24.7. The van der Waals surface area contributed by atoms with Crippen molar-refractivity contribution in [1.82, 2.24) is 0 Å². The Bertz CT molecular complexity index is 1140. The molecule has 2 heterocycles. The number of unbranched alkanes of at least 4 members (excludes halogenated alkanes) is 2. The summed E-state index contributed by atoms with van der Waals surface area (Å²) in [5.41, 5.74) is 10.1. The third-order valence-electron chi connectivity index (χ3n) is 8.88. The average molecular weight is 455 g/mol. The number of hydrogen-bond donors (Lipinski definition) is 0. The zero-order valence-electron chi connectivity index (χ0n) is 22.4. The van der Waals surface area contributed by atoms with Crippen LogP contribution in [0.4, 0.5) is 0 Å². The molecule has 0 bridgehead atoms. The number of benzene rings is 2. The lowest BCUT2D eigenvalue weighted by atomic mass is 9.58. The third kappa shape index (κ3) is 3.92. The summed E-state index contributed by atoms with van der Waals surface area (Å²) in [5, 5.41) is 0. The van der Waals surface area contributed by atoms with Gasteiger partial charge in [-0.15, -0.1) is 0 Å². The molecule has 2 atom stereocenters. The lowest BCUT2D eigenvalue weighted by Gasteiger charge is -2.48. The Balaban J connectivity index is 1.89. The van der Waals surface area contributed by atoms with Gasteiger partial charge in [0.25, 0.3) is 0 Å². The summed E-state index contributed by atoms with van der Waals surface area (Å²) in [6.45, 7) is 14.2. The van der Waals surface area contributed by atoms with Crippen molar-refractivity contribution in [3.8, 4) is 22.4 Å². The zero-order chi connectivity index (χ0) is 24.3. The average Bonchev–Trinajstić information content (AvgIpc) is 2.87. The summed E-state index contributed by atoms with van der Waals surface area (Å²) in [4.78, 5) is 0. The monoisotopic (exact) mass is 454 g/mol. The Morgan fingerprint density at radius 1 is 0.794 bits per heavy atom. The van der Waals surface area contributed by atoms with Gasteiger partial charge in [0.2, 0.25) is 5.69 Å². The lowest BCUT2D eigenvalue weighted by Crippen LogP contribution is -2.69. The van der Waals surface area contributed by atoms with Gasteiger partial charge < -0.3 is 0 Å². The molecule has 0 amide bonds. The standard InChI is InChI=1S/C33H44N/c1-7-11-12-15-26-18-17-25(5)28(23-26)27-19-20-30-29(24-27)31-16-13-14-22-34(31)33(10-4,21-8-2)32(30,6)9-3/h13-14,16-20,22-24H,7-12,15,21H2,1-6H3/q+1. The van der Waals surface area contributed by atoms with Gasteiger partial charge in [-0.2, -0.15) is 4.57 Å². The molecule has 2 aromatic carbocycles. The van der Waals surface area contributed by atoms with Crippen LogP contribution in [-0.4, -0.2) is 0 Å². The van der Waals surface area contributed by atoms with E-state index in [1.54, 1.807) is 0 Å². The molecule has 0 N–H and O–H groups in total. The molecular weight excluding hydrogens is 410 g/mol. The van der Waals surface area contributed by atoms with E-state index in [0.29, 0.717) is 0 Å². The Morgan fingerprint density at radius 2 is 1.62 bits per heavy atom. The fourth-order valence-electron chi connectivity index (χ4n) is 6.74. The quantitative estimate of drug-likeness (QED) is 0.224. The predicted octanol–water partition coefficient (Wildman–Crippen LogP) is 8.94. The van der Waals surface area contributed by atoms with E-state index in [1.165, 1.54) is 77.6 Å². The highest BCUT2D eigenvalue weighted by Crippen LogP contribution is 2.52. The SMILES string of the molecule is CCCCCc1ccc(C)c(-c2ccc3c(c2)-c2cccc[n+]2C(CC)(CCC)C3(C)CC)c1. The Kier molecular flexibility index (Phi) is 7.31. The molecule has 1 nitrogen and oxygen atoms in total. The molecule has 2 unspecified atom stereocenters. The van der Waals surface area contributed by atoms with Crippen LogP contribution in [0.25, 0.3) is 22.4 Å². The highest BCUT2D eigenvalue weighted by Gasteiger charge is 2.58. The minimum absolute atomic E-state index is 0.0989. The summed E-state index contributed by atoms with van der Waals surface area (Å²) < 4.78 is 2.64. The van der Waals surface area contributed by atoms with Gasteiger partial charge in [-0.1, -0.05) is 70.9 Å². The number of rotatable bonds is 9. The van der Waals surface area contributed by atoms with Crippen molar-refractivity contribution < 1.29 is 4.57 Å². The second-order valence-electron chi connectivity index (χ2n) is 10.6. The maximum atomic E-state index is 2.64. The second kappa shape index (κ2) is 10.1. The molecule has 1 aromatic heterocycles. The van der Waals surface area contributed by atoms with Crippen LogP contribution in [0.5, 0.6) is 0 Å². The molecule has 0 aliphatic carbocycles. The topological polar surface area (TPSA) is 3.88 Å². The van der Waals surface area contributed by atoms with Crippen molar-refractivity contribution >= 4 is 0 Å². The maximum Gasteiger partial charge on any atom is 0.213 e. The first-order valence-corrected chi connectivity index (χ1v) is 13.7. The smallest absolute Gasteiger partial charge is 0.192 e. The molecule has 180 valence electrons. The predicted molar refractivity (Wildman–Crippen MR) is 146 cm³/mol. The molecule has 1 aliphatic heterocycles. The Morgan fingerprint density at radius 3 is 2.32 bits per heavy atom.